The van der Waals surface area contributed by atoms with Crippen molar-refractivity contribution < 1.29 is 0 Å². The lowest BCUT2D eigenvalue weighted by molar-refractivity contribution is 0.267. The third kappa shape index (κ3) is 5.35. The van der Waals surface area contributed by atoms with Gasteiger partial charge in [0.15, 0.2) is 5.82 Å². The van der Waals surface area contributed by atoms with Crippen molar-refractivity contribution in [2.24, 2.45) is 5.73 Å². The van der Waals surface area contributed by atoms with E-state index >= 15 is 0 Å². The first-order chi connectivity index (χ1) is 11.9. The van der Waals surface area contributed by atoms with Crippen LogP contribution in [0.5, 0.6) is 0 Å². The zero-order valence-corrected chi connectivity index (χ0v) is 14.8. The van der Waals surface area contributed by atoms with E-state index in [0.717, 1.165) is 31.0 Å². The monoisotopic (exact) mass is 358 g/mol. The van der Waals surface area contributed by atoms with Gasteiger partial charge in [-0.1, -0.05) is 48.5 Å². The SMILES string of the molecule is Cl.NCCN(CCc1ccccc1)Cc1nnnn1-c1ccccc1. The molecule has 1 heterocycles. The number of nitrogens with zero attached hydrogens (tertiary/aromatic N) is 5. The van der Waals surface area contributed by atoms with Gasteiger partial charge in [-0.15, -0.1) is 17.5 Å². The van der Waals surface area contributed by atoms with Crippen molar-refractivity contribution in [3.63, 3.8) is 0 Å². The van der Waals surface area contributed by atoms with E-state index in [2.05, 4.69) is 44.7 Å². The van der Waals surface area contributed by atoms with Gasteiger partial charge in [-0.05, 0) is 34.5 Å². The van der Waals surface area contributed by atoms with Gasteiger partial charge in [0.2, 0.25) is 0 Å². The number of aromatic nitrogens is 4. The molecule has 0 atom stereocenters. The zero-order chi connectivity index (χ0) is 16.6. The van der Waals surface area contributed by atoms with Crippen molar-refractivity contribution >= 4 is 12.4 Å². The van der Waals surface area contributed by atoms with Crippen molar-refractivity contribution in [3.05, 3.63) is 72.1 Å². The maximum absolute atomic E-state index is 5.78. The molecule has 0 spiro atoms. The quantitative estimate of drug-likeness (QED) is 0.667. The molecule has 2 N–H and O–H groups in total. The van der Waals surface area contributed by atoms with Gasteiger partial charge in [-0.2, -0.15) is 4.68 Å². The largest absolute Gasteiger partial charge is 0.329 e. The molecule has 0 aliphatic heterocycles. The number of tetrazole rings is 1. The van der Waals surface area contributed by atoms with Gasteiger partial charge < -0.3 is 5.73 Å². The number of nitrogens with two attached hydrogens (primary N) is 1. The van der Waals surface area contributed by atoms with E-state index in [-0.39, 0.29) is 12.4 Å². The predicted octanol–water partition coefficient (Wildman–Crippen LogP) is 2.09. The fourth-order valence-electron chi connectivity index (χ4n) is 2.66. The molecule has 0 aliphatic rings. The summed E-state index contributed by atoms with van der Waals surface area (Å²) in [6.07, 6.45) is 0.980. The van der Waals surface area contributed by atoms with Crippen LogP contribution >= 0.6 is 12.4 Å². The zero-order valence-electron chi connectivity index (χ0n) is 14.0. The summed E-state index contributed by atoms with van der Waals surface area (Å²) in [6.45, 7) is 3.02. The fraction of sp³-hybridized carbons (Fsp3) is 0.278. The Bertz CT molecular complexity index is 732. The van der Waals surface area contributed by atoms with Crippen molar-refractivity contribution in [2.45, 2.75) is 13.0 Å². The molecule has 2 aromatic carbocycles. The molecule has 25 heavy (non-hydrogen) atoms. The summed E-state index contributed by atoms with van der Waals surface area (Å²) < 4.78 is 1.78. The summed E-state index contributed by atoms with van der Waals surface area (Å²) in [7, 11) is 0. The van der Waals surface area contributed by atoms with Gasteiger partial charge in [0, 0.05) is 19.6 Å². The van der Waals surface area contributed by atoms with E-state index < -0.39 is 0 Å². The summed E-state index contributed by atoms with van der Waals surface area (Å²) >= 11 is 0. The molecule has 0 saturated carbocycles. The van der Waals surface area contributed by atoms with E-state index in [1.165, 1.54) is 5.56 Å². The van der Waals surface area contributed by atoms with Gasteiger partial charge in [-0.3, -0.25) is 4.90 Å². The van der Waals surface area contributed by atoms with Crippen LogP contribution in [0.1, 0.15) is 11.4 Å². The number of hydrogen-bond acceptors (Lipinski definition) is 5. The molecule has 132 valence electrons. The average molecular weight is 359 g/mol. The van der Waals surface area contributed by atoms with Crippen LogP contribution in [0.15, 0.2) is 60.7 Å². The Labute approximate surface area is 154 Å². The molecule has 0 unspecified atom stereocenters. The highest BCUT2D eigenvalue weighted by atomic mass is 35.5. The minimum atomic E-state index is 0. The Hall–Kier alpha value is -2.28. The van der Waals surface area contributed by atoms with Crippen molar-refractivity contribution in [1.29, 1.82) is 0 Å². The molecule has 0 radical (unpaired) electrons. The topological polar surface area (TPSA) is 72.9 Å². The van der Waals surface area contributed by atoms with Crippen LogP contribution in [-0.2, 0) is 13.0 Å². The number of benzene rings is 2. The summed E-state index contributed by atoms with van der Waals surface area (Å²) in [5.41, 5.74) is 8.06. The first-order valence-electron chi connectivity index (χ1n) is 8.16. The van der Waals surface area contributed by atoms with E-state index in [4.69, 9.17) is 5.73 Å². The minimum absolute atomic E-state index is 0. The van der Waals surface area contributed by atoms with Crippen LogP contribution in [0, 0.1) is 0 Å². The molecule has 0 fully saturated rings. The van der Waals surface area contributed by atoms with E-state index in [1.807, 2.05) is 36.4 Å². The van der Waals surface area contributed by atoms with Crippen LogP contribution in [-0.4, -0.2) is 44.7 Å². The number of para-hydroxylation sites is 1. The maximum atomic E-state index is 5.78. The van der Waals surface area contributed by atoms with E-state index in [0.29, 0.717) is 13.1 Å². The fourth-order valence-corrected chi connectivity index (χ4v) is 2.66. The smallest absolute Gasteiger partial charge is 0.170 e. The van der Waals surface area contributed by atoms with Gasteiger partial charge in [0.1, 0.15) is 0 Å². The third-order valence-electron chi connectivity index (χ3n) is 3.90. The van der Waals surface area contributed by atoms with Gasteiger partial charge in [0.25, 0.3) is 0 Å². The summed E-state index contributed by atoms with van der Waals surface area (Å²) in [4.78, 5) is 2.29. The van der Waals surface area contributed by atoms with Crippen LogP contribution in [0.4, 0.5) is 0 Å². The Morgan fingerprint density at radius 1 is 0.920 bits per heavy atom. The average Bonchev–Trinajstić information content (AvgIpc) is 3.10. The van der Waals surface area contributed by atoms with E-state index in [9.17, 15) is 0 Å². The second-order valence-electron chi connectivity index (χ2n) is 5.64. The minimum Gasteiger partial charge on any atom is -0.329 e. The number of halogens is 1. The Morgan fingerprint density at radius 2 is 1.60 bits per heavy atom. The lowest BCUT2D eigenvalue weighted by atomic mass is 10.1. The van der Waals surface area contributed by atoms with Crippen LogP contribution < -0.4 is 5.73 Å². The third-order valence-corrected chi connectivity index (χ3v) is 3.90. The molecular formula is C18H23ClN6. The highest BCUT2D eigenvalue weighted by Crippen LogP contribution is 2.10. The summed E-state index contributed by atoms with van der Waals surface area (Å²) in [5, 5.41) is 12.1. The molecule has 0 saturated heterocycles. The number of rotatable bonds is 8. The van der Waals surface area contributed by atoms with Crippen molar-refractivity contribution in [3.8, 4) is 5.69 Å². The molecule has 6 nitrogen and oxygen atoms in total. The highest BCUT2D eigenvalue weighted by Gasteiger charge is 2.13. The predicted molar refractivity (Wildman–Crippen MR) is 101 cm³/mol. The van der Waals surface area contributed by atoms with Crippen LogP contribution in [0.3, 0.4) is 0 Å². The summed E-state index contributed by atoms with van der Waals surface area (Å²) in [6, 6.07) is 20.4. The standard InChI is InChI=1S/C18H22N6.ClH/c19-12-14-23(13-11-16-7-3-1-4-8-16)15-18-20-21-22-24(18)17-9-5-2-6-10-17;/h1-10H,11-15,19H2;1H. The Balaban J connectivity index is 0.00000225. The molecule has 3 aromatic rings. The second kappa shape index (κ2) is 9.88. The Kier molecular flexibility index (Phi) is 7.53. The lowest BCUT2D eigenvalue weighted by Gasteiger charge is -2.21. The van der Waals surface area contributed by atoms with Gasteiger partial charge in [-0.25, -0.2) is 0 Å². The molecule has 1 aromatic heterocycles. The van der Waals surface area contributed by atoms with Gasteiger partial charge in [0.05, 0.1) is 12.2 Å². The molecule has 0 amide bonds. The molecule has 3 rings (SSSR count). The molecular weight excluding hydrogens is 336 g/mol. The number of hydrogen-bond donors (Lipinski definition) is 1. The molecule has 7 heteroatoms. The second-order valence-corrected chi connectivity index (χ2v) is 5.64. The molecule has 0 aliphatic carbocycles. The highest BCUT2D eigenvalue weighted by molar-refractivity contribution is 5.85. The van der Waals surface area contributed by atoms with Crippen molar-refractivity contribution in [2.75, 3.05) is 19.6 Å². The lowest BCUT2D eigenvalue weighted by Crippen LogP contribution is -2.32. The normalized spacial score (nSPS) is 10.6. The Morgan fingerprint density at radius 3 is 2.28 bits per heavy atom. The first kappa shape index (κ1) is 19.1. The first-order valence-corrected chi connectivity index (χ1v) is 8.16. The van der Waals surface area contributed by atoms with Crippen molar-refractivity contribution in [1.82, 2.24) is 25.1 Å². The van der Waals surface area contributed by atoms with E-state index in [1.54, 1.807) is 4.68 Å². The molecule has 0 bridgehead atoms. The maximum Gasteiger partial charge on any atom is 0.170 e. The van der Waals surface area contributed by atoms with Crippen LogP contribution in [0.2, 0.25) is 0 Å². The summed E-state index contributed by atoms with van der Waals surface area (Å²) in [5.74, 6) is 0.822. The van der Waals surface area contributed by atoms with Crippen LogP contribution in [0.25, 0.3) is 5.69 Å². The van der Waals surface area contributed by atoms with Gasteiger partial charge >= 0.3 is 0 Å².